The van der Waals surface area contributed by atoms with Gasteiger partial charge in [-0.05, 0) is 54.8 Å². The molecule has 32 heavy (non-hydrogen) atoms. The van der Waals surface area contributed by atoms with Crippen LogP contribution in [-0.4, -0.2) is 59.4 Å². The molecule has 3 atom stereocenters. The number of aromatic nitrogens is 1. The second-order valence-corrected chi connectivity index (χ2v) is 8.99. The third-order valence-electron chi connectivity index (χ3n) is 6.63. The lowest BCUT2D eigenvalue weighted by Gasteiger charge is -2.48. The fourth-order valence-electron chi connectivity index (χ4n) is 4.89. The van der Waals surface area contributed by atoms with Crippen molar-refractivity contribution >= 4 is 16.5 Å². The van der Waals surface area contributed by atoms with Gasteiger partial charge in [-0.15, -0.1) is 0 Å². The van der Waals surface area contributed by atoms with E-state index in [-0.39, 0.29) is 6.61 Å². The summed E-state index contributed by atoms with van der Waals surface area (Å²) in [5, 5.41) is 13.3. The number of hydrogen-bond donors (Lipinski definition) is 1. The van der Waals surface area contributed by atoms with Gasteiger partial charge in [-0.1, -0.05) is 42.5 Å². The zero-order valence-corrected chi connectivity index (χ0v) is 18.6. The summed E-state index contributed by atoms with van der Waals surface area (Å²) in [6.45, 7) is 4.78. The lowest BCUT2D eigenvalue weighted by atomic mass is 9.96. The molecule has 3 aliphatic rings. The molecule has 2 aromatic carbocycles. The molecule has 1 saturated heterocycles. The number of rotatable bonds is 6. The average molecular weight is 430 g/mol. The first-order chi connectivity index (χ1) is 15.7. The first-order valence-electron chi connectivity index (χ1n) is 11.5. The Morgan fingerprint density at radius 3 is 2.62 bits per heavy atom. The van der Waals surface area contributed by atoms with Crippen LogP contribution in [0.25, 0.3) is 10.8 Å². The molecule has 166 valence electrons. The molecular weight excluding hydrogens is 398 g/mol. The predicted molar refractivity (Wildman–Crippen MR) is 129 cm³/mol. The molecule has 4 heterocycles. The SMILES string of the molecule is Cc1ccc(OC[C@@H](O)CN2C[C@@H]3C/C=C\C[C@H]2CN3c2ccc3ccccc3c2)cn1. The van der Waals surface area contributed by atoms with E-state index in [9.17, 15) is 5.11 Å². The predicted octanol–water partition coefficient (Wildman–Crippen LogP) is 4.19. The van der Waals surface area contributed by atoms with Gasteiger partial charge in [0.15, 0.2) is 0 Å². The molecule has 0 amide bonds. The van der Waals surface area contributed by atoms with E-state index in [1.54, 1.807) is 6.20 Å². The van der Waals surface area contributed by atoms with Crippen LogP contribution in [0.1, 0.15) is 18.5 Å². The minimum absolute atomic E-state index is 0.281. The van der Waals surface area contributed by atoms with Crippen molar-refractivity contribution in [2.24, 2.45) is 0 Å². The maximum absolute atomic E-state index is 10.7. The van der Waals surface area contributed by atoms with E-state index in [2.05, 4.69) is 69.4 Å². The number of aryl methyl sites for hydroxylation is 1. The number of benzene rings is 2. The molecular formula is C27H31N3O2. The van der Waals surface area contributed by atoms with Crippen molar-refractivity contribution in [1.29, 1.82) is 0 Å². The quantitative estimate of drug-likeness (QED) is 0.596. The Morgan fingerprint density at radius 2 is 1.81 bits per heavy atom. The van der Waals surface area contributed by atoms with Crippen molar-refractivity contribution in [3.05, 3.63) is 78.6 Å². The Morgan fingerprint density at radius 1 is 1.00 bits per heavy atom. The molecule has 5 heteroatoms. The molecule has 3 aliphatic heterocycles. The zero-order chi connectivity index (χ0) is 21.9. The van der Waals surface area contributed by atoms with Crippen LogP contribution >= 0.6 is 0 Å². The van der Waals surface area contributed by atoms with Gasteiger partial charge in [-0.3, -0.25) is 9.88 Å². The molecule has 0 saturated carbocycles. The van der Waals surface area contributed by atoms with Gasteiger partial charge in [-0.2, -0.15) is 0 Å². The van der Waals surface area contributed by atoms with Crippen LogP contribution in [-0.2, 0) is 0 Å². The van der Waals surface area contributed by atoms with E-state index in [1.807, 2.05) is 19.1 Å². The summed E-state index contributed by atoms with van der Waals surface area (Å²) in [7, 11) is 0. The highest BCUT2D eigenvalue weighted by molar-refractivity contribution is 5.86. The Hall–Kier alpha value is -2.89. The van der Waals surface area contributed by atoms with E-state index in [4.69, 9.17) is 4.74 Å². The number of pyridine rings is 1. The van der Waals surface area contributed by atoms with Crippen molar-refractivity contribution < 1.29 is 9.84 Å². The second-order valence-electron chi connectivity index (χ2n) is 8.99. The van der Waals surface area contributed by atoms with Gasteiger partial charge in [0.1, 0.15) is 18.5 Å². The van der Waals surface area contributed by atoms with Gasteiger partial charge < -0.3 is 14.7 Å². The summed E-state index contributed by atoms with van der Waals surface area (Å²) in [6.07, 6.45) is 7.85. The summed E-state index contributed by atoms with van der Waals surface area (Å²) in [5.74, 6) is 0.703. The summed E-state index contributed by atoms with van der Waals surface area (Å²) >= 11 is 0. The Kier molecular flexibility index (Phi) is 6.10. The molecule has 0 aliphatic carbocycles. The van der Waals surface area contributed by atoms with Crippen LogP contribution in [0.3, 0.4) is 0 Å². The van der Waals surface area contributed by atoms with E-state index in [0.717, 1.165) is 31.6 Å². The third-order valence-corrected chi connectivity index (χ3v) is 6.63. The fraction of sp³-hybridized carbons (Fsp3) is 0.370. The molecule has 3 aromatic rings. The van der Waals surface area contributed by atoms with Crippen LogP contribution in [0, 0.1) is 6.92 Å². The topological polar surface area (TPSA) is 48.8 Å². The van der Waals surface area contributed by atoms with Crippen molar-refractivity contribution in [2.45, 2.75) is 38.0 Å². The minimum atomic E-state index is -0.532. The Labute approximate surface area is 189 Å². The van der Waals surface area contributed by atoms with Gasteiger partial charge in [0.25, 0.3) is 0 Å². The monoisotopic (exact) mass is 429 g/mol. The van der Waals surface area contributed by atoms with E-state index < -0.39 is 6.10 Å². The van der Waals surface area contributed by atoms with Crippen molar-refractivity contribution in [3.8, 4) is 5.75 Å². The maximum Gasteiger partial charge on any atom is 0.137 e. The average Bonchev–Trinajstić information content (AvgIpc) is 2.79. The van der Waals surface area contributed by atoms with Crippen molar-refractivity contribution in [3.63, 3.8) is 0 Å². The first-order valence-corrected chi connectivity index (χ1v) is 11.5. The number of fused-ring (bicyclic) bond motifs is 5. The summed E-state index contributed by atoms with van der Waals surface area (Å²) in [4.78, 5) is 9.27. The number of nitrogens with zero attached hydrogens (tertiary/aromatic N) is 3. The van der Waals surface area contributed by atoms with E-state index in [1.165, 1.54) is 16.5 Å². The zero-order valence-electron chi connectivity index (χ0n) is 18.6. The largest absolute Gasteiger partial charge is 0.489 e. The molecule has 1 aromatic heterocycles. The lowest BCUT2D eigenvalue weighted by Crippen LogP contribution is -2.60. The van der Waals surface area contributed by atoms with Gasteiger partial charge in [0, 0.05) is 43.1 Å². The summed E-state index contributed by atoms with van der Waals surface area (Å²) in [6, 6.07) is 20.0. The van der Waals surface area contributed by atoms with Crippen molar-refractivity contribution in [2.75, 3.05) is 31.1 Å². The lowest BCUT2D eigenvalue weighted by molar-refractivity contribution is 0.0404. The smallest absolute Gasteiger partial charge is 0.137 e. The summed E-state index contributed by atoms with van der Waals surface area (Å²) in [5.41, 5.74) is 2.25. The van der Waals surface area contributed by atoms with Gasteiger partial charge in [-0.25, -0.2) is 0 Å². The minimum Gasteiger partial charge on any atom is -0.489 e. The number of ether oxygens (including phenoxy) is 1. The molecule has 0 radical (unpaired) electrons. The van der Waals surface area contributed by atoms with Gasteiger partial charge in [0.2, 0.25) is 0 Å². The molecule has 5 nitrogen and oxygen atoms in total. The van der Waals surface area contributed by atoms with Crippen molar-refractivity contribution in [1.82, 2.24) is 9.88 Å². The van der Waals surface area contributed by atoms with Crippen LogP contribution in [0.5, 0.6) is 5.75 Å². The molecule has 0 spiro atoms. The van der Waals surface area contributed by atoms with Crippen LogP contribution in [0.4, 0.5) is 5.69 Å². The number of aliphatic hydroxyl groups excluding tert-OH is 1. The number of anilines is 1. The molecule has 6 rings (SSSR count). The highest BCUT2D eigenvalue weighted by Crippen LogP contribution is 2.31. The number of piperazine rings is 1. The summed E-state index contributed by atoms with van der Waals surface area (Å²) < 4.78 is 5.77. The molecule has 2 bridgehead atoms. The Bertz CT molecular complexity index is 1080. The second kappa shape index (κ2) is 9.31. The van der Waals surface area contributed by atoms with Gasteiger partial charge in [0.05, 0.1) is 6.20 Å². The molecule has 1 fully saturated rings. The first kappa shape index (κ1) is 21.0. The maximum atomic E-state index is 10.7. The number of hydrogen-bond acceptors (Lipinski definition) is 5. The van der Waals surface area contributed by atoms with Crippen LogP contribution < -0.4 is 9.64 Å². The highest BCUT2D eigenvalue weighted by Gasteiger charge is 2.35. The fourth-order valence-corrected chi connectivity index (χ4v) is 4.89. The van der Waals surface area contributed by atoms with Gasteiger partial charge >= 0.3 is 0 Å². The molecule has 1 N–H and O–H groups in total. The van der Waals surface area contributed by atoms with E-state index in [0.29, 0.717) is 24.4 Å². The number of aliphatic hydroxyl groups is 1. The normalized spacial score (nSPS) is 23.0. The standard InChI is InChI=1S/C27H31N3O2/c1-20-10-13-27(15-28-20)32-19-26(31)18-29-16-25-9-5-4-8-24(29)17-30(25)23-12-11-21-6-2-3-7-22(21)14-23/h2-7,10-15,24-26,31H,8-9,16-19H2,1H3/b5-4-/t24-,25-,26-/m0/s1. The van der Waals surface area contributed by atoms with E-state index >= 15 is 0 Å². The van der Waals surface area contributed by atoms with Crippen LogP contribution in [0.15, 0.2) is 72.9 Å². The van der Waals surface area contributed by atoms with Crippen LogP contribution in [0.2, 0.25) is 0 Å². The highest BCUT2D eigenvalue weighted by atomic mass is 16.5. The molecule has 0 unspecified atom stereocenters. The Balaban J connectivity index is 1.26. The third kappa shape index (κ3) is 4.64.